The van der Waals surface area contributed by atoms with E-state index in [4.69, 9.17) is 9.47 Å². The molecular formula is C19H21N4O4+. The Kier molecular flexibility index (Phi) is 5.25. The lowest BCUT2D eigenvalue weighted by molar-refractivity contribution is -0.753. The van der Waals surface area contributed by atoms with Crippen molar-refractivity contribution in [1.29, 1.82) is 0 Å². The molecule has 2 aromatic carbocycles. The molecule has 1 amide bonds. The first-order valence-electron chi connectivity index (χ1n) is 8.42. The molecule has 3 aromatic rings. The smallest absolute Gasteiger partial charge is 0.411 e. The molecule has 0 spiro atoms. The number of aromatic nitrogens is 3. The van der Waals surface area contributed by atoms with Crippen LogP contribution in [0.15, 0.2) is 53.3 Å². The van der Waals surface area contributed by atoms with Crippen molar-refractivity contribution in [3.63, 3.8) is 0 Å². The summed E-state index contributed by atoms with van der Waals surface area (Å²) in [7, 11) is 3.14. The van der Waals surface area contributed by atoms with Crippen LogP contribution >= 0.6 is 0 Å². The molecular weight excluding hydrogens is 348 g/mol. The number of rotatable bonds is 6. The molecule has 8 heteroatoms. The van der Waals surface area contributed by atoms with Crippen molar-refractivity contribution in [1.82, 2.24) is 9.90 Å². The fraction of sp³-hybridized carbons (Fsp3) is 0.211. The minimum absolute atomic E-state index is 0.0177. The summed E-state index contributed by atoms with van der Waals surface area (Å²) in [6, 6.07) is 13.9. The van der Waals surface area contributed by atoms with Gasteiger partial charge >= 0.3 is 17.2 Å². The number of benzene rings is 2. The number of H-pyrrole nitrogens is 1. The monoisotopic (exact) mass is 369 g/mol. The lowest BCUT2D eigenvalue weighted by Gasteiger charge is -2.04. The number of hydrogen-bond acceptors (Lipinski definition) is 4. The Bertz CT molecular complexity index is 988. The van der Waals surface area contributed by atoms with Gasteiger partial charge in [0.05, 0.1) is 14.2 Å². The van der Waals surface area contributed by atoms with Gasteiger partial charge in [-0.3, -0.25) is 4.79 Å². The molecule has 0 fully saturated rings. The van der Waals surface area contributed by atoms with Gasteiger partial charge in [-0.15, -0.1) is 4.68 Å². The highest BCUT2D eigenvalue weighted by atomic mass is 16.5. The Morgan fingerprint density at radius 3 is 2.11 bits per heavy atom. The molecule has 8 nitrogen and oxygen atoms in total. The van der Waals surface area contributed by atoms with E-state index in [2.05, 4.69) is 10.5 Å². The van der Waals surface area contributed by atoms with E-state index >= 15 is 0 Å². The minimum Gasteiger partial charge on any atom is -0.497 e. The molecule has 0 aliphatic carbocycles. The van der Waals surface area contributed by atoms with E-state index in [1.54, 1.807) is 62.8 Å². The maximum absolute atomic E-state index is 12.8. The van der Waals surface area contributed by atoms with Crippen molar-refractivity contribution >= 4 is 11.6 Å². The average Bonchev–Trinajstić information content (AvgIpc) is 3.05. The predicted molar refractivity (Wildman–Crippen MR) is 99.8 cm³/mol. The van der Waals surface area contributed by atoms with E-state index in [0.717, 1.165) is 0 Å². The summed E-state index contributed by atoms with van der Waals surface area (Å²) < 4.78 is 13.1. The molecule has 0 saturated heterocycles. The standard InChI is InChI=1S/C19H20N4O4/c1-4-22-17(18(24)20-13-5-9-15(26-2)10-6-13)19(25)23(21-22)14-7-11-16(27-3)12-8-14/h5-12H,4H2,1-3H3,(H-,20,21,24,25)/p+1. The number of carbonyl (C=O) groups is 1. The van der Waals surface area contributed by atoms with Gasteiger partial charge < -0.3 is 14.8 Å². The zero-order valence-corrected chi connectivity index (χ0v) is 15.4. The molecule has 2 N–H and O–H groups in total. The number of nitrogens with one attached hydrogen (secondary N) is 2. The van der Waals surface area contributed by atoms with Crippen LogP contribution in [0, 0.1) is 0 Å². The summed E-state index contributed by atoms with van der Waals surface area (Å²) in [4.78, 5) is 25.5. The van der Waals surface area contributed by atoms with Gasteiger partial charge in [0.25, 0.3) is 0 Å². The third kappa shape index (κ3) is 3.69. The summed E-state index contributed by atoms with van der Waals surface area (Å²) in [6.07, 6.45) is 0. The third-order valence-corrected chi connectivity index (χ3v) is 4.11. The molecule has 0 aliphatic rings. The molecule has 0 atom stereocenters. The van der Waals surface area contributed by atoms with Crippen molar-refractivity contribution in [3.05, 3.63) is 64.6 Å². The van der Waals surface area contributed by atoms with Crippen LogP contribution < -0.4 is 25.0 Å². The number of amides is 1. The first-order chi connectivity index (χ1) is 13.1. The fourth-order valence-electron chi connectivity index (χ4n) is 2.66. The lowest BCUT2D eigenvalue weighted by atomic mass is 10.3. The van der Waals surface area contributed by atoms with Crippen molar-refractivity contribution in [2.45, 2.75) is 13.5 Å². The van der Waals surface area contributed by atoms with Crippen LogP contribution in [0.3, 0.4) is 0 Å². The summed E-state index contributed by atoms with van der Waals surface area (Å²) in [6.45, 7) is 2.28. The molecule has 0 aliphatic heterocycles. The summed E-state index contributed by atoms with van der Waals surface area (Å²) in [5.74, 6) is 0.870. The Morgan fingerprint density at radius 1 is 1.04 bits per heavy atom. The van der Waals surface area contributed by atoms with Crippen molar-refractivity contribution in [2.24, 2.45) is 0 Å². The summed E-state index contributed by atoms with van der Waals surface area (Å²) >= 11 is 0. The van der Waals surface area contributed by atoms with Gasteiger partial charge in [-0.1, -0.05) is 9.90 Å². The Balaban J connectivity index is 1.93. The third-order valence-electron chi connectivity index (χ3n) is 4.11. The molecule has 27 heavy (non-hydrogen) atoms. The molecule has 0 radical (unpaired) electrons. The van der Waals surface area contributed by atoms with Gasteiger partial charge in [0.15, 0.2) is 5.69 Å². The van der Waals surface area contributed by atoms with E-state index < -0.39 is 11.5 Å². The van der Waals surface area contributed by atoms with Crippen LogP contribution in [-0.4, -0.2) is 30.0 Å². The fourth-order valence-corrected chi connectivity index (χ4v) is 2.66. The average molecular weight is 369 g/mol. The second kappa shape index (κ2) is 7.77. The van der Waals surface area contributed by atoms with Gasteiger partial charge in [-0.05, 0) is 55.5 Å². The highest BCUT2D eigenvalue weighted by Gasteiger charge is 2.28. The van der Waals surface area contributed by atoms with Crippen LogP contribution in [0.5, 0.6) is 11.5 Å². The molecule has 1 heterocycles. The molecule has 3 rings (SSSR count). The largest absolute Gasteiger partial charge is 0.497 e. The number of ether oxygens (including phenoxy) is 2. The SMILES string of the molecule is CC[n+]1[nH]n(-c2ccc(OC)cc2)c(=O)c1C(=O)Nc1ccc(OC)cc1. The first kappa shape index (κ1) is 18.2. The van der Waals surface area contributed by atoms with Crippen LogP contribution in [-0.2, 0) is 6.54 Å². The molecule has 0 unspecified atom stereocenters. The maximum Gasteiger partial charge on any atom is 0.411 e. The highest BCUT2D eigenvalue weighted by molar-refractivity contribution is 6.01. The van der Waals surface area contributed by atoms with Crippen LogP contribution in [0.2, 0.25) is 0 Å². The molecule has 0 saturated carbocycles. The number of methoxy groups -OCH3 is 2. The summed E-state index contributed by atoms with van der Waals surface area (Å²) in [5, 5.41) is 5.68. The van der Waals surface area contributed by atoms with Crippen molar-refractivity contribution in [2.75, 3.05) is 19.5 Å². The normalized spacial score (nSPS) is 10.5. The van der Waals surface area contributed by atoms with Gasteiger partial charge in [-0.2, -0.15) is 0 Å². The van der Waals surface area contributed by atoms with E-state index in [0.29, 0.717) is 29.4 Å². The molecule has 1 aromatic heterocycles. The molecule has 140 valence electrons. The van der Waals surface area contributed by atoms with Crippen LogP contribution in [0.4, 0.5) is 5.69 Å². The quantitative estimate of drug-likeness (QED) is 0.648. The van der Waals surface area contributed by atoms with Crippen molar-refractivity contribution in [3.8, 4) is 17.2 Å². The first-order valence-corrected chi connectivity index (χ1v) is 8.42. The zero-order chi connectivity index (χ0) is 19.4. The number of nitrogens with zero attached hydrogens (tertiary/aromatic N) is 2. The highest BCUT2D eigenvalue weighted by Crippen LogP contribution is 2.15. The second-order valence-corrected chi connectivity index (χ2v) is 5.71. The van der Waals surface area contributed by atoms with E-state index in [9.17, 15) is 9.59 Å². The Morgan fingerprint density at radius 2 is 1.59 bits per heavy atom. The van der Waals surface area contributed by atoms with Crippen LogP contribution in [0.25, 0.3) is 5.69 Å². The lowest BCUT2D eigenvalue weighted by Crippen LogP contribution is -2.44. The van der Waals surface area contributed by atoms with Gasteiger partial charge in [-0.25, -0.2) is 4.79 Å². The van der Waals surface area contributed by atoms with Gasteiger partial charge in [0, 0.05) is 5.69 Å². The number of anilines is 1. The van der Waals surface area contributed by atoms with Crippen LogP contribution in [0.1, 0.15) is 17.4 Å². The second-order valence-electron chi connectivity index (χ2n) is 5.71. The zero-order valence-electron chi connectivity index (χ0n) is 15.4. The summed E-state index contributed by atoms with van der Waals surface area (Å²) in [5.41, 5.74) is 0.753. The van der Waals surface area contributed by atoms with E-state index in [-0.39, 0.29) is 5.69 Å². The minimum atomic E-state index is -0.490. The van der Waals surface area contributed by atoms with Gasteiger partial charge in [0.2, 0.25) is 0 Å². The Labute approximate surface area is 155 Å². The number of aryl methyl sites for hydroxylation is 1. The van der Waals surface area contributed by atoms with E-state index in [1.165, 1.54) is 9.36 Å². The van der Waals surface area contributed by atoms with Crippen molar-refractivity contribution < 1.29 is 19.0 Å². The van der Waals surface area contributed by atoms with Gasteiger partial charge in [0.1, 0.15) is 18.0 Å². The van der Waals surface area contributed by atoms with E-state index in [1.807, 2.05) is 6.92 Å². The number of hydrogen-bond donors (Lipinski definition) is 2. The molecule has 0 bridgehead atoms. The topological polar surface area (TPSA) is 89.2 Å². The number of carbonyl (C=O) groups excluding carboxylic acids is 1. The maximum atomic E-state index is 12.8. The number of aromatic amines is 1. The Hall–Kier alpha value is -3.55. The predicted octanol–water partition coefficient (Wildman–Crippen LogP) is 1.74.